The molecule has 0 saturated heterocycles. The summed E-state index contributed by atoms with van der Waals surface area (Å²) >= 11 is 0. The molecule has 114 valence electrons. The smallest absolute Gasteiger partial charge is 0.123 e. The molecule has 1 aromatic rings. The zero-order valence-corrected chi connectivity index (χ0v) is 14.0. The summed E-state index contributed by atoms with van der Waals surface area (Å²) in [7, 11) is 0. The lowest BCUT2D eigenvalue weighted by atomic mass is 10.00. The fraction of sp³-hybridized carbons (Fsp3) is 0.667. The molecule has 0 bridgehead atoms. The van der Waals surface area contributed by atoms with E-state index >= 15 is 0 Å². The first kappa shape index (κ1) is 17.0. The highest BCUT2D eigenvalue weighted by Crippen LogP contribution is 2.29. The third-order valence-corrected chi connectivity index (χ3v) is 3.59. The van der Waals surface area contributed by atoms with Gasteiger partial charge in [0.15, 0.2) is 0 Å². The number of aryl methyl sites for hydroxylation is 1. The Kier molecular flexibility index (Phi) is 7.08. The lowest BCUT2D eigenvalue weighted by molar-refractivity contribution is 0.147. The van der Waals surface area contributed by atoms with Gasteiger partial charge in [0.25, 0.3) is 0 Å². The van der Waals surface area contributed by atoms with Gasteiger partial charge >= 0.3 is 0 Å². The van der Waals surface area contributed by atoms with Crippen molar-refractivity contribution >= 4 is 0 Å². The van der Waals surface area contributed by atoms with Crippen LogP contribution in [0.3, 0.4) is 0 Å². The average Bonchev–Trinajstić information content (AvgIpc) is 2.37. The van der Waals surface area contributed by atoms with Crippen molar-refractivity contribution in [2.75, 3.05) is 13.1 Å². The van der Waals surface area contributed by atoms with Gasteiger partial charge in [-0.15, -0.1) is 0 Å². The Hall–Kier alpha value is -1.02. The van der Waals surface area contributed by atoms with E-state index in [1.807, 2.05) is 0 Å². The van der Waals surface area contributed by atoms with Crippen molar-refractivity contribution in [1.82, 2.24) is 5.32 Å². The maximum absolute atomic E-state index is 6.33. The van der Waals surface area contributed by atoms with Crippen LogP contribution in [0.4, 0.5) is 0 Å². The molecule has 20 heavy (non-hydrogen) atoms. The van der Waals surface area contributed by atoms with Gasteiger partial charge in [0.05, 0.1) is 0 Å². The molecule has 0 aromatic heterocycles. The Morgan fingerprint density at radius 1 is 1.15 bits per heavy atom. The van der Waals surface area contributed by atoms with Gasteiger partial charge in [-0.25, -0.2) is 0 Å². The molecule has 0 aliphatic carbocycles. The van der Waals surface area contributed by atoms with Crippen molar-refractivity contribution in [2.45, 2.75) is 60.0 Å². The van der Waals surface area contributed by atoms with E-state index in [1.54, 1.807) is 0 Å². The molecular weight excluding hydrogens is 246 g/mol. The summed E-state index contributed by atoms with van der Waals surface area (Å²) in [6.07, 6.45) is 1.38. The molecule has 0 heterocycles. The number of ether oxygens (including phenoxy) is 1. The van der Waals surface area contributed by atoms with Crippen LogP contribution in [-0.2, 0) is 0 Å². The zero-order chi connectivity index (χ0) is 15.1. The second-order valence-corrected chi connectivity index (χ2v) is 6.30. The molecule has 1 atom stereocenters. The molecule has 0 amide bonds. The second-order valence-electron chi connectivity index (χ2n) is 6.30. The van der Waals surface area contributed by atoms with Gasteiger partial charge in [0.2, 0.25) is 0 Å². The van der Waals surface area contributed by atoms with Gasteiger partial charge in [-0.1, -0.05) is 46.8 Å². The molecule has 2 nitrogen and oxygen atoms in total. The molecule has 0 aliphatic heterocycles. The van der Waals surface area contributed by atoms with Crippen LogP contribution in [0.2, 0.25) is 0 Å². The summed E-state index contributed by atoms with van der Waals surface area (Å²) in [5.41, 5.74) is 2.56. The van der Waals surface area contributed by atoms with Crippen molar-refractivity contribution in [2.24, 2.45) is 5.92 Å². The molecule has 0 aliphatic rings. The highest BCUT2D eigenvalue weighted by Gasteiger charge is 2.17. The number of benzene rings is 1. The van der Waals surface area contributed by atoms with E-state index in [9.17, 15) is 0 Å². The van der Waals surface area contributed by atoms with Crippen molar-refractivity contribution in [3.05, 3.63) is 29.3 Å². The predicted molar refractivity (Wildman–Crippen MR) is 87.7 cm³/mol. The Morgan fingerprint density at radius 3 is 2.40 bits per heavy atom. The van der Waals surface area contributed by atoms with Crippen LogP contribution in [0.5, 0.6) is 5.75 Å². The predicted octanol–water partition coefficient (Wildman–Crippen LogP) is 4.52. The lowest BCUT2D eigenvalue weighted by Crippen LogP contribution is -2.36. The van der Waals surface area contributed by atoms with Crippen LogP contribution in [0.1, 0.15) is 58.1 Å². The van der Waals surface area contributed by atoms with Crippen LogP contribution < -0.4 is 10.1 Å². The Balaban J connectivity index is 2.84. The van der Waals surface area contributed by atoms with Crippen LogP contribution in [0, 0.1) is 12.8 Å². The minimum atomic E-state index is 0.223. The van der Waals surface area contributed by atoms with Crippen LogP contribution in [0.25, 0.3) is 0 Å². The Morgan fingerprint density at radius 2 is 1.85 bits per heavy atom. The zero-order valence-electron chi connectivity index (χ0n) is 14.0. The third-order valence-electron chi connectivity index (χ3n) is 3.59. The summed E-state index contributed by atoms with van der Waals surface area (Å²) in [5, 5.41) is 3.48. The highest BCUT2D eigenvalue weighted by atomic mass is 16.5. The molecule has 1 rings (SSSR count). The van der Waals surface area contributed by atoms with Crippen LogP contribution in [-0.4, -0.2) is 19.2 Å². The first-order chi connectivity index (χ1) is 9.45. The minimum absolute atomic E-state index is 0.223. The van der Waals surface area contributed by atoms with Crippen molar-refractivity contribution in [3.8, 4) is 5.75 Å². The number of nitrogens with one attached hydrogen (secondary N) is 1. The lowest BCUT2D eigenvalue weighted by Gasteiger charge is -2.25. The first-order valence-corrected chi connectivity index (χ1v) is 7.93. The normalized spacial score (nSPS) is 13.0. The van der Waals surface area contributed by atoms with Crippen molar-refractivity contribution in [3.63, 3.8) is 0 Å². The fourth-order valence-corrected chi connectivity index (χ4v) is 2.22. The molecule has 1 aromatic carbocycles. The van der Waals surface area contributed by atoms with Crippen molar-refractivity contribution in [1.29, 1.82) is 0 Å². The molecule has 0 fully saturated rings. The Labute approximate surface area is 124 Å². The van der Waals surface area contributed by atoms with E-state index in [0.717, 1.165) is 25.3 Å². The molecule has 0 saturated carbocycles. The largest absolute Gasteiger partial charge is 0.489 e. The average molecular weight is 277 g/mol. The molecular formula is C18H31NO. The number of hydrogen-bond donors (Lipinski definition) is 1. The van der Waals surface area contributed by atoms with Gasteiger partial charge in [-0.05, 0) is 48.9 Å². The SMILES string of the molecule is CCCNCC(Oc1cc(C)ccc1C(C)C)C(C)C. The highest BCUT2D eigenvalue weighted by molar-refractivity contribution is 5.39. The van der Waals surface area contributed by atoms with E-state index < -0.39 is 0 Å². The van der Waals surface area contributed by atoms with Gasteiger partial charge < -0.3 is 10.1 Å². The molecule has 1 unspecified atom stereocenters. The quantitative estimate of drug-likeness (QED) is 0.705. The van der Waals surface area contributed by atoms with Gasteiger partial charge in [-0.3, -0.25) is 0 Å². The fourth-order valence-electron chi connectivity index (χ4n) is 2.22. The van der Waals surface area contributed by atoms with Crippen LogP contribution >= 0.6 is 0 Å². The molecule has 1 N–H and O–H groups in total. The summed E-state index contributed by atoms with van der Waals surface area (Å²) < 4.78 is 6.33. The molecule has 0 spiro atoms. The minimum Gasteiger partial charge on any atom is -0.489 e. The van der Waals surface area contributed by atoms with Crippen molar-refractivity contribution < 1.29 is 4.74 Å². The van der Waals surface area contributed by atoms with Gasteiger partial charge in [0, 0.05) is 6.54 Å². The summed E-state index contributed by atoms with van der Waals surface area (Å²) in [6, 6.07) is 6.54. The third kappa shape index (κ3) is 5.16. The summed E-state index contributed by atoms with van der Waals surface area (Å²) in [4.78, 5) is 0. The topological polar surface area (TPSA) is 21.3 Å². The van der Waals surface area contributed by atoms with Gasteiger partial charge in [0.1, 0.15) is 11.9 Å². The van der Waals surface area contributed by atoms with Crippen LogP contribution in [0.15, 0.2) is 18.2 Å². The second kappa shape index (κ2) is 8.31. The van der Waals surface area contributed by atoms with E-state index in [4.69, 9.17) is 4.74 Å². The maximum atomic E-state index is 6.33. The molecule has 2 heteroatoms. The molecule has 0 radical (unpaired) electrons. The summed E-state index contributed by atoms with van der Waals surface area (Å²) in [6.45, 7) is 15.2. The van der Waals surface area contributed by atoms with E-state index in [-0.39, 0.29) is 6.10 Å². The maximum Gasteiger partial charge on any atom is 0.123 e. The number of rotatable bonds is 8. The Bertz CT molecular complexity index is 398. The van der Waals surface area contributed by atoms with Gasteiger partial charge in [-0.2, -0.15) is 0 Å². The first-order valence-electron chi connectivity index (χ1n) is 7.93. The van der Waals surface area contributed by atoms with E-state index in [0.29, 0.717) is 11.8 Å². The van der Waals surface area contributed by atoms with E-state index in [2.05, 4.69) is 65.1 Å². The number of hydrogen-bond acceptors (Lipinski definition) is 2. The summed E-state index contributed by atoms with van der Waals surface area (Å²) in [5.74, 6) is 2.04. The standard InChI is InChI=1S/C18H31NO/c1-7-10-19-12-18(14(4)5)20-17-11-15(6)8-9-16(17)13(2)3/h8-9,11,13-14,18-19H,7,10,12H2,1-6H3. The van der Waals surface area contributed by atoms with E-state index in [1.165, 1.54) is 11.1 Å². The monoisotopic (exact) mass is 277 g/mol.